The molecule has 1 aromatic carbocycles. The van der Waals surface area contributed by atoms with E-state index >= 15 is 0 Å². The quantitative estimate of drug-likeness (QED) is 0.612. The number of hydrogen-bond acceptors (Lipinski definition) is 3. The van der Waals surface area contributed by atoms with Crippen molar-refractivity contribution in [3.8, 4) is 0 Å². The van der Waals surface area contributed by atoms with Crippen molar-refractivity contribution >= 4 is 33.5 Å². The standard InChI is InChI=1S/C11H6N2S/c1-2-4-9-8(3-1)11-10(14-9)7-12-5-6-13-11/h1-4,6-7H. The predicted octanol–water partition coefficient (Wildman–Crippen LogP) is 1.46. The third-order valence-corrected chi connectivity index (χ3v) is 3.20. The minimum atomic E-state index is 1.01. The fourth-order valence-corrected chi connectivity index (χ4v) is 2.52. The maximum absolute atomic E-state index is 4.32. The third kappa shape index (κ3) is 1.04. The van der Waals surface area contributed by atoms with Crippen LogP contribution in [-0.2, 0) is 0 Å². The Balaban J connectivity index is 2.63. The molecule has 0 spiro atoms. The summed E-state index contributed by atoms with van der Waals surface area (Å²) in [7, 11) is 0. The molecule has 2 heterocycles. The van der Waals surface area contributed by atoms with E-state index in [9.17, 15) is 0 Å². The van der Waals surface area contributed by atoms with E-state index in [2.05, 4.69) is 28.0 Å². The van der Waals surface area contributed by atoms with E-state index in [0.29, 0.717) is 0 Å². The molecule has 0 N–H and O–H groups in total. The van der Waals surface area contributed by atoms with Gasteiger partial charge in [-0.1, -0.05) is 18.2 Å². The van der Waals surface area contributed by atoms with Gasteiger partial charge in [-0.05, 0) is 6.07 Å². The highest BCUT2D eigenvalue weighted by Gasteiger charge is 2.00. The van der Waals surface area contributed by atoms with Crippen molar-refractivity contribution in [3.05, 3.63) is 40.4 Å². The lowest BCUT2D eigenvalue weighted by atomic mass is 10.2. The topological polar surface area (TPSA) is 24.7 Å². The Morgan fingerprint density at radius 2 is 2.14 bits per heavy atom. The average molecular weight is 198 g/mol. The third-order valence-electron chi connectivity index (χ3n) is 2.10. The minimum Gasteiger partial charge on any atom is -0.245 e. The van der Waals surface area contributed by atoms with Crippen molar-refractivity contribution < 1.29 is 0 Å². The van der Waals surface area contributed by atoms with Crippen molar-refractivity contribution in [1.29, 1.82) is 0 Å². The molecule has 0 aliphatic carbocycles. The summed E-state index contributed by atoms with van der Waals surface area (Å²) in [6.45, 7) is 0. The van der Waals surface area contributed by atoms with Crippen LogP contribution < -0.4 is 9.89 Å². The predicted molar refractivity (Wildman–Crippen MR) is 59.1 cm³/mol. The van der Waals surface area contributed by atoms with E-state index in [-0.39, 0.29) is 0 Å². The first kappa shape index (κ1) is 7.68. The number of fused-ring (bicyclic) bond motifs is 3. The summed E-state index contributed by atoms with van der Waals surface area (Å²) in [5.74, 6) is 2.73. The highest BCUT2D eigenvalue weighted by molar-refractivity contribution is 7.17. The Morgan fingerprint density at radius 1 is 1.21 bits per heavy atom. The van der Waals surface area contributed by atoms with Crippen LogP contribution in [-0.4, -0.2) is 5.87 Å². The zero-order chi connectivity index (χ0) is 9.38. The minimum absolute atomic E-state index is 1.01. The molecule has 0 fully saturated rings. The maximum atomic E-state index is 4.32. The second-order valence-electron chi connectivity index (χ2n) is 2.96. The van der Waals surface area contributed by atoms with E-state index in [1.165, 1.54) is 10.1 Å². The molecule has 66 valence electrons. The van der Waals surface area contributed by atoms with Crippen LogP contribution >= 0.6 is 11.3 Å². The van der Waals surface area contributed by atoms with Crippen molar-refractivity contribution in [1.82, 2.24) is 0 Å². The zero-order valence-corrected chi connectivity index (χ0v) is 8.08. The normalized spacial score (nSPS) is 13.1. The first-order chi connectivity index (χ1) is 6.95. The Bertz CT molecular complexity index is 673. The van der Waals surface area contributed by atoms with E-state index in [1.54, 1.807) is 17.5 Å². The van der Waals surface area contributed by atoms with Crippen LogP contribution in [0.4, 0.5) is 0 Å². The molecule has 1 aliphatic heterocycles. The fourth-order valence-electron chi connectivity index (χ4n) is 1.49. The van der Waals surface area contributed by atoms with Crippen molar-refractivity contribution in [2.24, 2.45) is 9.98 Å². The molecule has 0 bridgehead atoms. The van der Waals surface area contributed by atoms with E-state index in [4.69, 9.17) is 0 Å². The van der Waals surface area contributed by atoms with Gasteiger partial charge in [0.2, 0.25) is 0 Å². The average Bonchev–Trinajstić information content (AvgIpc) is 2.42. The highest BCUT2D eigenvalue weighted by Crippen LogP contribution is 2.12. The second kappa shape index (κ2) is 2.91. The molecule has 0 saturated carbocycles. The molecule has 0 saturated heterocycles. The Kier molecular flexibility index (Phi) is 1.60. The molecule has 1 aromatic heterocycles. The summed E-state index contributed by atoms with van der Waals surface area (Å²) in [4.78, 5) is 8.32. The van der Waals surface area contributed by atoms with Crippen LogP contribution in [0, 0.1) is 0 Å². The van der Waals surface area contributed by atoms with Gasteiger partial charge in [0.15, 0.2) is 0 Å². The van der Waals surface area contributed by atoms with Crippen LogP contribution in [0.1, 0.15) is 0 Å². The van der Waals surface area contributed by atoms with Gasteiger partial charge in [0, 0.05) is 16.0 Å². The Labute approximate surface area is 84.3 Å². The van der Waals surface area contributed by atoms with Gasteiger partial charge in [-0.15, -0.1) is 11.3 Å². The molecule has 2 nitrogen and oxygen atoms in total. The molecule has 14 heavy (non-hydrogen) atoms. The molecular weight excluding hydrogens is 192 g/mol. The Hall–Kier alpha value is -1.70. The molecule has 2 aromatic rings. The van der Waals surface area contributed by atoms with Gasteiger partial charge < -0.3 is 0 Å². The molecule has 0 atom stereocenters. The lowest BCUT2D eigenvalue weighted by Gasteiger charge is -1.84. The highest BCUT2D eigenvalue weighted by atomic mass is 32.1. The molecule has 0 radical (unpaired) electrons. The summed E-state index contributed by atoms with van der Waals surface area (Å²) >= 11 is 1.71. The second-order valence-corrected chi connectivity index (χ2v) is 4.04. The molecule has 0 unspecified atom stereocenters. The van der Waals surface area contributed by atoms with Crippen LogP contribution in [0.25, 0.3) is 16.3 Å². The Morgan fingerprint density at radius 3 is 3.14 bits per heavy atom. The van der Waals surface area contributed by atoms with Gasteiger partial charge in [-0.25, -0.2) is 9.98 Å². The summed E-state index contributed by atoms with van der Waals surface area (Å²) in [6, 6.07) is 8.25. The lowest BCUT2D eigenvalue weighted by Crippen LogP contribution is -2.17. The van der Waals surface area contributed by atoms with Crippen LogP contribution in [0.2, 0.25) is 0 Å². The zero-order valence-electron chi connectivity index (χ0n) is 7.27. The first-order valence-corrected chi connectivity index (χ1v) is 5.09. The van der Waals surface area contributed by atoms with Gasteiger partial charge in [-0.2, -0.15) is 0 Å². The van der Waals surface area contributed by atoms with Crippen molar-refractivity contribution in [2.45, 2.75) is 0 Å². The molecule has 1 aliphatic rings. The van der Waals surface area contributed by atoms with Crippen LogP contribution in [0.15, 0.2) is 40.5 Å². The van der Waals surface area contributed by atoms with Gasteiger partial charge >= 0.3 is 0 Å². The summed E-state index contributed by atoms with van der Waals surface area (Å²) in [6.07, 6.45) is 3.43. The maximum Gasteiger partial charge on any atom is 0.0912 e. The summed E-state index contributed by atoms with van der Waals surface area (Å²) in [5, 5.41) is 2.21. The van der Waals surface area contributed by atoms with Crippen LogP contribution in [0.5, 0.6) is 0 Å². The largest absolute Gasteiger partial charge is 0.245 e. The number of hydrogen-bond donors (Lipinski definition) is 0. The monoisotopic (exact) mass is 198 g/mol. The summed E-state index contributed by atoms with van der Waals surface area (Å²) in [5.41, 5.74) is 0. The van der Waals surface area contributed by atoms with Gasteiger partial charge in [0.25, 0.3) is 0 Å². The number of rotatable bonds is 0. The van der Waals surface area contributed by atoms with Crippen molar-refractivity contribution in [3.63, 3.8) is 0 Å². The molecule has 0 amide bonds. The van der Waals surface area contributed by atoms with Gasteiger partial charge in [0.05, 0.1) is 22.3 Å². The first-order valence-electron chi connectivity index (χ1n) is 4.28. The molecular formula is C11H6N2S. The van der Waals surface area contributed by atoms with E-state index < -0.39 is 0 Å². The SMILES string of the molecule is C1=CN=c2c(sc3ccccc23)=CN=1. The molecule has 3 heteroatoms. The van der Waals surface area contributed by atoms with Gasteiger partial charge in [-0.3, -0.25) is 0 Å². The number of nitrogens with zero attached hydrogens (tertiary/aromatic N) is 2. The fraction of sp³-hybridized carbons (Fsp3) is 0. The molecule has 3 rings (SSSR count). The number of aliphatic imine (C=N–C) groups is 1. The van der Waals surface area contributed by atoms with Gasteiger partial charge in [0.1, 0.15) is 0 Å². The number of thiophene rings is 1. The van der Waals surface area contributed by atoms with E-state index in [0.717, 1.165) is 9.89 Å². The van der Waals surface area contributed by atoms with Crippen molar-refractivity contribution in [2.75, 3.05) is 0 Å². The summed E-state index contributed by atoms with van der Waals surface area (Å²) < 4.78 is 2.36. The van der Waals surface area contributed by atoms with E-state index in [1.807, 2.05) is 18.3 Å². The lowest BCUT2D eigenvalue weighted by molar-refractivity contribution is 1.41. The van der Waals surface area contributed by atoms with Crippen LogP contribution in [0.3, 0.4) is 0 Å². The smallest absolute Gasteiger partial charge is 0.0912 e. The number of benzene rings is 1.